The minimum atomic E-state index is -0.811. The van der Waals surface area contributed by atoms with Gasteiger partial charge >= 0.3 is 17.9 Å². The van der Waals surface area contributed by atoms with Crippen molar-refractivity contribution in [3.63, 3.8) is 0 Å². The summed E-state index contributed by atoms with van der Waals surface area (Å²) in [7, 11) is 0. The highest BCUT2D eigenvalue weighted by Crippen LogP contribution is 2.15. The lowest BCUT2D eigenvalue weighted by Gasteiger charge is -2.18. The third-order valence-corrected chi connectivity index (χ3v) is 12.6. The zero-order valence-electron chi connectivity index (χ0n) is 46.0. The molecule has 402 valence electrons. The number of carbonyl (C=O) groups excluding carboxylic acids is 3. The molecule has 6 heteroatoms. The fourth-order valence-electron chi connectivity index (χ4n) is 8.13. The molecule has 0 spiro atoms. The Balaban J connectivity index is 4.47. The van der Waals surface area contributed by atoms with Gasteiger partial charge in [-0.05, 0) is 109 Å². The number of allylic oxidation sites excluding steroid dienone is 14. The van der Waals surface area contributed by atoms with Crippen LogP contribution in [0.4, 0.5) is 0 Å². The molecule has 0 aliphatic heterocycles. The van der Waals surface area contributed by atoms with Crippen LogP contribution in [0.25, 0.3) is 0 Å². The molecule has 0 aromatic carbocycles. The summed E-state index contributed by atoms with van der Waals surface area (Å²) in [6.07, 6.45) is 75.7. The molecule has 6 nitrogen and oxygen atoms in total. The zero-order valence-corrected chi connectivity index (χ0v) is 46.0. The summed E-state index contributed by atoms with van der Waals surface area (Å²) in [6.45, 7) is 6.54. The van der Waals surface area contributed by atoms with Crippen molar-refractivity contribution in [2.24, 2.45) is 0 Å². The standard InChI is InChI=1S/C64H110O6/c1-4-7-10-13-16-19-22-25-28-31-32-34-36-39-42-45-48-51-54-57-63(66)69-60-61(59-68-62(65)56-53-50-47-44-41-38-35-30-27-24-21-18-15-12-9-6-3)70-64(67)58-55-52-49-46-43-40-37-33-29-26-23-20-17-14-11-8-5-2/h16-17,19-20,22,25-26,29-30,35,37,40,46,49,61H,4-15,18,21,23-24,27-28,31-34,36,38-39,41-45,47-48,50-60H2,1-3H3/b19-16-,20-17-,25-22-,29-26-,35-30-,40-37-,49-46-. The normalized spacial score (nSPS) is 12.7. The van der Waals surface area contributed by atoms with Crippen molar-refractivity contribution in [1.82, 2.24) is 0 Å². The summed E-state index contributed by atoms with van der Waals surface area (Å²) in [4.78, 5) is 38.2. The van der Waals surface area contributed by atoms with E-state index in [4.69, 9.17) is 14.2 Å². The molecule has 1 atom stereocenters. The van der Waals surface area contributed by atoms with E-state index in [1.54, 1.807) is 0 Å². The van der Waals surface area contributed by atoms with Gasteiger partial charge in [-0.3, -0.25) is 14.4 Å². The lowest BCUT2D eigenvalue weighted by molar-refractivity contribution is -0.167. The van der Waals surface area contributed by atoms with Gasteiger partial charge in [-0.1, -0.05) is 241 Å². The Morgan fingerprint density at radius 2 is 0.571 bits per heavy atom. The second-order valence-electron chi connectivity index (χ2n) is 19.6. The minimum absolute atomic E-state index is 0.102. The van der Waals surface area contributed by atoms with Crippen molar-refractivity contribution < 1.29 is 28.6 Å². The van der Waals surface area contributed by atoms with Crippen LogP contribution in [0, 0.1) is 0 Å². The van der Waals surface area contributed by atoms with E-state index in [0.717, 1.165) is 70.6 Å². The number of unbranched alkanes of at least 4 members (excludes halogenated alkanes) is 29. The first-order valence-corrected chi connectivity index (χ1v) is 29.6. The minimum Gasteiger partial charge on any atom is -0.462 e. The van der Waals surface area contributed by atoms with Gasteiger partial charge in [-0.25, -0.2) is 0 Å². The third kappa shape index (κ3) is 55.5. The summed E-state index contributed by atoms with van der Waals surface area (Å²) in [5.74, 6) is -0.964. The molecule has 0 bridgehead atoms. The third-order valence-electron chi connectivity index (χ3n) is 12.6. The SMILES string of the molecule is CCCCC/C=C\C=C/CCCCCCCCCCCCC(=O)OCC(COC(=O)CCCCCCC/C=C\CCCCCCCCC)OC(=O)CCC/C=C\C/C=C\C/C=C\C/C=C\CCCCC. The maximum Gasteiger partial charge on any atom is 0.306 e. The van der Waals surface area contributed by atoms with E-state index in [1.165, 1.54) is 167 Å². The van der Waals surface area contributed by atoms with Crippen LogP contribution in [0.5, 0.6) is 0 Å². The molecule has 0 aliphatic carbocycles. The number of ether oxygens (including phenoxy) is 3. The number of rotatable bonds is 53. The maximum absolute atomic E-state index is 12.8. The molecule has 0 aliphatic rings. The molecule has 0 rings (SSSR count). The van der Waals surface area contributed by atoms with Crippen LogP contribution in [-0.2, 0) is 28.6 Å². The molecule has 0 saturated heterocycles. The summed E-state index contributed by atoms with van der Waals surface area (Å²) in [6, 6.07) is 0. The summed E-state index contributed by atoms with van der Waals surface area (Å²) in [5, 5.41) is 0. The monoisotopic (exact) mass is 975 g/mol. The predicted molar refractivity (Wildman–Crippen MR) is 302 cm³/mol. The topological polar surface area (TPSA) is 78.9 Å². The molecule has 0 N–H and O–H groups in total. The van der Waals surface area contributed by atoms with Crippen LogP contribution in [-0.4, -0.2) is 37.2 Å². The predicted octanol–water partition coefficient (Wildman–Crippen LogP) is 19.9. The molecule has 0 amide bonds. The Labute approximate surface area is 433 Å². The number of carbonyl (C=O) groups is 3. The van der Waals surface area contributed by atoms with E-state index < -0.39 is 6.10 Å². The van der Waals surface area contributed by atoms with E-state index in [9.17, 15) is 14.4 Å². The average molecular weight is 976 g/mol. The van der Waals surface area contributed by atoms with Crippen LogP contribution in [0.3, 0.4) is 0 Å². The number of esters is 3. The molecule has 0 aromatic rings. The fraction of sp³-hybridized carbons (Fsp3) is 0.734. The van der Waals surface area contributed by atoms with Crippen LogP contribution >= 0.6 is 0 Å². The Morgan fingerprint density at radius 3 is 0.971 bits per heavy atom. The van der Waals surface area contributed by atoms with Crippen molar-refractivity contribution in [3.05, 3.63) is 85.1 Å². The van der Waals surface area contributed by atoms with Crippen molar-refractivity contribution in [3.8, 4) is 0 Å². The van der Waals surface area contributed by atoms with Crippen LogP contribution < -0.4 is 0 Å². The van der Waals surface area contributed by atoms with Gasteiger partial charge in [0, 0.05) is 19.3 Å². The molecule has 0 radical (unpaired) electrons. The first-order chi connectivity index (χ1) is 34.5. The first kappa shape index (κ1) is 66.6. The van der Waals surface area contributed by atoms with E-state index >= 15 is 0 Å². The number of hydrogen-bond donors (Lipinski definition) is 0. The molecule has 0 heterocycles. The second kappa shape index (κ2) is 58.2. The number of hydrogen-bond acceptors (Lipinski definition) is 6. The highest BCUT2D eigenvalue weighted by atomic mass is 16.6. The lowest BCUT2D eigenvalue weighted by Crippen LogP contribution is -2.30. The molecule has 70 heavy (non-hydrogen) atoms. The Hall–Kier alpha value is -3.41. The smallest absolute Gasteiger partial charge is 0.306 e. The molecule has 0 fully saturated rings. The summed E-state index contributed by atoms with van der Waals surface area (Å²) < 4.78 is 16.8. The second-order valence-corrected chi connectivity index (χ2v) is 19.6. The van der Waals surface area contributed by atoms with Gasteiger partial charge in [0.2, 0.25) is 0 Å². The quantitative estimate of drug-likeness (QED) is 0.0199. The largest absolute Gasteiger partial charge is 0.462 e. The van der Waals surface area contributed by atoms with Crippen LogP contribution in [0.2, 0.25) is 0 Å². The van der Waals surface area contributed by atoms with Gasteiger partial charge in [0.05, 0.1) is 0 Å². The molecular formula is C64H110O6. The molecule has 0 aromatic heterocycles. The van der Waals surface area contributed by atoms with Gasteiger partial charge in [0.1, 0.15) is 13.2 Å². The Morgan fingerprint density at radius 1 is 0.300 bits per heavy atom. The highest BCUT2D eigenvalue weighted by Gasteiger charge is 2.19. The van der Waals surface area contributed by atoms with Gasteiger partial charge in [-0.2, -0.15) is 0 Å². The fourth-order valence-corrected chi connectivity index (χ4v) is 8.13. The molecular weight excluding hydrogens is 865 g/mol. The van der Waals surface area contributed by atoms with E-state index in [-0.39, 0.29) is 37.5 Å². The van der Waals surface area contributed by atoms with Gasteiger partial charge < -0.3 is 14.2 Å². The van der Waals surface area contributed by atoms with Crippen molar-refractivity contribution in [1.29, 1.82) is 0 Å². The van der Waals surface area contributed by atoms with Crippen LogP contribution in [0.15, 0.2) is 85.1 Å². The summed E-state index contributed by atoms with van der Waals surface area (Å²) >= 11 is 0. The molecule has 1 unspecified atom stereocenters. The zero-order chi connectivity index (χ0) is 50.7. The highest BCUT2D eigenvalue weighted by molar-refractivity contribution is 5.71. The van der Waals surface area contributed by atoms with E-state index in [1.807, 2.05) is 0 Å². The van der Waals surface area contributed by atoms with Crippen LogP contribution in [0.1, 0.15) is 284 Å². The van der Waals surface area contributed by atoms with Crippen molar-refractivity contribution in [2.45, 2.75) is 290 Å². The van der Waals surface area contributed by atoms with Gasteiger partial charge in [-0.15, -0.1) is 0 Å². The van der Waals surface area contributed by atoms with Crippen molar-refractivity contribution >= 4 is 17.9 Å². The molecule has 0 saturated carbocycles. The van der Waals surface area contributed by atoms with E-state index in [0.29, 0.717) is 19.3 Å². The summed E-state index contributed by atoms with van der Waals surface area (Å²) in [5.41, 5.74) is 0. The van der Waals surface area contributed by atoms with Gasteiger partial charge in [0.15, 0.2) is 6.10 Å². The first-order valence-electron chi connectivity index (χ1n) is 29.6. The van der Waals surface area contributed by atoms with E-state index in [2.05, 4.69) is 106 Å². The maximum atomic E-state index is 12.8. The van der Waals surface area contributed by atoms with Crippen molar-refractivity contribution in [2.75, 3.05) is 13.2 Å². The average Bonchev–Trinajstić information content (AvgIpc) is 3.36. The lowest BCUT2D eigenvalue weighted by atomic mass is 10.1. The van der Waals surface area contributed by atoms with Gasteiger partial charge in [0.25, 0.3) is 0 Å². The Kier molecular flexibility index (Phi) is 55.3. The Bertz CT molecular complexity index is 1350.